The fourth-order valence-corrected chi connectivity index (χ4v) is 2.79. The molecule has 1 atom stereocenters. The van der Waals surface area contributed by atoms with Crippen molar-refractivity contribution in [3.8, 4) is 0 Å². The van der Waals surface area contributed by atoms with E-state index >= 15 is 0 Å². The fourth-order valence-electron chi connectivity index (χ4n) is 2.07. The molecule has 0 unspecified atom stereocenters. The van der Waals surface area contributed by atoms with E-state index in [2.05, 4.69) is 4.74 Å². The number of carbonyl (C=O) groups excluding carboxylic acids is 2. The third-order valence-corrected chi connectivity index (χ3v) is 5.20. The van der Waals surface area contributed by atoms with E-state index in [9.17, 15) is 22.8 Å². The minimum absolute atomic E-state index is 0.0224. The normalized spacial score (nSPS) is 14.4. The largest absolute Gasteiger partial charge is 0.467 e. The molecule has 9 heteroatoms. The number of nitrogens with one attached hydrogen (secondary N) is 1. The molecule has 1 aromatic carbocycles. The molecule has 1 aromatic rings. The van der Waals surface area contributed by atoms with E-state index < -0.39 is 37.4 Å². The Bertz CT molecular complexity index is 602. The standard InChI is InChI=1S/C16H22F3NO4Si/c1-23-13(21)15(16(17,18)19,12-8-6-5-7-9-12)20-14(22)24-10-11-25(2,3)4/h5-9H,10-11H2,1-4H3,(H,20,22)/t15-/m0/s1. The molecule has 0 aromatic heterocycles. The van der Waals surface area contributed by atoms with Crippen LogP contribution >= 0.6 is 0 Å². The van der Waals surface area contributed by atoms with Gasteiger partial charge in [0.15, 0.2) is 0 Å². The zero-order valence-electron chi connectivity index (χ0n) is 14.6. The van der Waals surface area contributed by atoms with E-state index in [4.69, 9.17) is 4.74 Å². The maximum atomic E-state index is 13.8. The Morgan fingerprint density at radius 1 is 1.12 bits per heavy atom. The summed E-state index contributed by atoms with van der Waals surface area (Å²) in [7, 11) is -0.707. The first-order valence-electron chi connectivity index (χ1n) is 7.59. The molecule has 5 nitrogen and oxygen atoms in total. The van der Waals surface area contributed by atoms with Crippen molar-refractivity contribution in [2.24, 2.45) is 0 Å². The number of carbonyl (C=O) groups is 2. The maximum Gasteiger partial charge on any atom is 0.426 e. The lowest BCUT2D eigenvalue weighted by atomic mass is 9.89. The van der Waals surface area contributed by atoms with Crippen molar-refractivity contribution < 1.29 is 32.2 Å². The number of hydrogen-bond acceptors (Lipinski definition) is 4. The molecule has 0 saturated heterocycles. The second kappa shape index (κ2) is 7.90. The summed E-state index contributed by atoms with van der Waals surface area (Å²) in [4.78, 5) is 24.0. The smallest absolute Gasteiger partial charge is 0.426 e. The van der Waals surface area contributed by atoms with E-state index in [1.165, 1.54) is 18.2 Å². The summed E-state index contributed by atoms with van der Waals surface area (Å²) in [5.41, 5.74) is -3.80. The summed E-state index contributed by atoms with van der Waals surface area (Å²) in [5.74, 6) is -1.65. The van der Waals surface area contributed by atoms with Crippen LogP contribution < -0.4 is 5.32 Å². The van der Waals surface area contributed by atoms with Gasteiger partial charge < -0.3 is 9.47 Å². The molecule has 25 heavy (non-hydrogen) atoms. The van der Waals surface area contributed by atoms with E-state index in [1.807, 2.05) is 19.6 Å². The zero-order chi connectivity index (χ0) is 19.3. The highest BCUT2D eigenvalue weighted by Gasteiger charge is 2.64. The second-order valence-corrected chi connectivity index (χ2v) is 12.3. The number of alkyl carbamates (subject to hydrolysis) is 1. The summed E-state index contributed by atoms with van der Waals surface area (Å²) >= 11 is 0. The lowest BCUT2D eigenvalue weighted by Crippen LogP contribution is -2.61. The average molecular weight is 377 g/mol. The number of hydrogen-bond donors (Lipinski definition) is 1. The molecule has 0 aliphatic heterocycles. The monoisotopic (exact) mass is 377 g/mol. The van der Waals surface area contributed by atoms with Gasteiger partial charge in [0.1, 0.15) is 0 Å². The highest BCUT2D eigenvalue weighted by Crippen LogP contribution is 2.40. The predicted molar refractivity (Wildman–Crippen MR) is 88.8 cm³/mol. The first-order valence-corrected chi connectivity index (χ1v) is 11.3. The van der Waals surface area contributed by atoms with E-state index in [0.29, 0.717) is 6.04 Å². The number of rotatable bonds is 6. The molecule has 0 radical (unpaired) electrons. The van der Waals surface area contributed by atoms with Gasteiger partial charge in [0.2, 0.25) is 0 Å². The molecule has 0 aliphatic carbocycles. The molecule has 0 aliphatic rings. The van der Waals surface area contributed by atoms with Crippen LogP contribution in [0.25, 0.3) is 0 Å². The average Bonchev–Trinajstić information content (AvgIpc) is 2.50. The van der Waals surface area contributed by atoms with Gasteiger partial charge in [0.25, 0.3) is 5.54 Å². The number of amides is 1. The molecular formula is C16H22F3NO4Si. The Balaban J connectivity index is 3.15. The van der Waals surface area contributed by atoms with Crippen LogP contribution in [-0.4, -0.2) is 40.0 Å². The molecule has 1 N–H and O–H groups in total. The third-order valence-electron chi connectivity index (χ3n) is 3.50. The Kier molecular flexibility index (Phi) is 6.64. The molecular weight excluding hydrogens is 355 g/mol. The number of benzene rings is 1. The molecule has 0 bridgehead atoms. The highest BCUT2D eigenvalue weighted by molar-refractivity contribution is 6.76. The Labute approximate surface area is 145 Å². The summed E-state index contributed by atoms with van der Waals surface area (Å²) in [6.45, 7) is 6.08. The lowest BCUT2D eigenvalue weighted by molar-refractivity contribution is -0.213. The van der Waals surface area contributed by atoms with Gasteiger partial charge in [-0.05, 0) is 11.6 Å². The predicted octanol–water partition coefficient (Wildman–Crippen LogP) is 3.68. The van der Waals surface area contributed by atoms with Gasteiger partial charge >= 0.3 is 18.2 Å². The number of methoxy groups -OCH3 is 1. The van der Waals surface area contributed by atoms with Crippen molar-refractivity contribution in [3.63, 3.8) is 0 Å². The lowest BCUT2D eigenvalue weighted by Gasteiger charge is -2.33. The van der Waals surface area contributed by atoms with Gasteiger partial charge in [-0.25, -0.2) is 9.59 Å². The van der Waals surface area contributed by atoms with E-state index in [1.54, 1.807) is 5.32 Å². The molecule has 0 fully saturated rings. The molecule has 1 amide bonds. The summed E-state index contributed by atoms with van der Waals surface area (Å²) in [6.07, 6.45) is -6.45. The van der Waals surface area contributed by atoms with Gasteiger partial charge in [0, 0.05) is 8.07 Å². The molecule has 0 heterocycles. The van der Waals surface area contributed by atoms with Gasteiger partial charge in [-0.15, -0.1) is 0 Å². The minimum Gasteiger partial charge on any atom is -0.467 e. The van der Waals surface area contributed by atoms with Gasteiger partial charge in [0.05, 0.1) is 13.7 Å². The quantitative estimate of drug-likeness (QED) is 0.607. The van der Waals surface area contributed by atoms with Gasteiger partial charge in [-0.1, -0.05) is 50.0 Å². The third kappa shape index (κ3) is 5.22. The van der Waals surface area contributed by atoms with Crippen molar-refractivity contribution >= 4 is 20.1 Å². The first-order chi connectivity index (χ1) is 11.4. The van der Waals surface area contributed by atoms with Gasteiger partial charge in [-0.2, -0.15) is 13.2 Å². The number of esters is 1. The van der Waals surface area contributed by atoms with Crippen molar-refractivity contribution in [1.29, 1.82) is 0 Å². The van der Waals surface area contributed by atoms with Gasteiger partial charge in [-0.3, -0.25) is 5.32 Å². The van der Waals surface area contributed by atoms with E-state index in [-0.39, 0.29) is 6.61 Å². The summed E-state index contributed by atoms with van der Waals surface area (Å²) in [5, 5.41) is 1.68. The van der Waals surface area contributed by atoms with Crippen LogP contribution in [0.3, 0.4) is 0 Å². The molecule has 1 rings (SSSR count). The van der Waals surface area contributed by atoms with Crippen molar-refractivity contribution in [1.82, 2.24) is 5.32 Å². The van der Waals surface area contributed by atoms with Crippen LogP contribution in [0.5, 0.6) is 0 Å². The zero-order valence-corrected chi connectivity index (χ0v) is 15.6. The summed E-state index contributed by atoms with van der Waals surface area (Å²) < 4.78 is 50.6. The summed E-state index contributed by atoms with van der Waals surface area (Å²) in [6, 6.07) is 6.92. The maximum absolute atomic E-state index is 13.8. The number of ether oxygens (including phenoxy) is 2. The Hall–Kier alpha value is -2.03. The van der Waals surface area contributed by atoms with Crippen LogP contribution in [0.1, 0.15) is 5.56 Å². The highest BCUT2D eigenvalue weighted by atomic mass is 28.3. The van der Waals surface area contributed by atoms with Crippen molar-refractivity contribution in [2.45, 2.75) is 37.4 Å². The second-order valence-electron chi connectivity index (χ2n) is 6.68. The Morgan fingerprint density at radius 2 is 1.68 bits per heavy atom. The molecule has 140 valence electrons. The minimum atomic E-state index is -5.13. The first kappa shape index (κ1) is 21.0. The SMILES string of the molecule is COC(=O)[C@@](NC(=O)OCC[Si](C)(C)C)(c1ccccc1)C(F)(F)F. The number of alkyl halides is 3. The van der Waals surface area contributed by atoms with Crippen molar-refractivity contribution in [3.05, 3.63) is 35.9 Å². The van der Waals surface area contributed by atoms with Crippen LogP contribution in [0, 0.1) is 0 Å². The molecule has 0 saturated carbocycles. The fraction of sp³-hybridized carbons (Fsp3) is 0.500. The van der Waals surface area contributed by atoms with Crippen LogP contribution in [-0.2, 0) is 19.8 Å². The van der Waals surface area contributed by atoms with Crippen LogP contribution in [0.4, 0.5) is 18.0 Å². The van der Waals surface area contributed by atoms with Crippen LogP contribution in [0.2, 0.25) is 25.7 Å². The Morgan fingerprint density at radius 3 is 2.12 bits per heavy atom. The van der Waals surface area contributed by atoms with E-state index in [0.717, 1.165) is 19.2 Å². The van der Waals surface area contributed by atoms with Crippen LogP contribution in [0.15, 0.2) is 30.3 Å². The molecule has 0 spiro atoms. The van der Waals surface area contributed by atoms with Crippen molar-refractivity contribution in [2.75, 3.05) is 13.7 Å². The number of halogens is 3. The topological polar surface area (TPSA) is 64.6 Å².